The molecule has 1 aliphatic heterocycles. The first-order chi connectivity index (χ1) is 13.9. The standard InChI is InChI=1S/C20H20FN3O5/c1-29-16-6-7-17(18(11-16)24(27)28)22-20(26)14-10-19(25)23(12-14)9-8-13-2-4-15(21)5-3-13/h2-7,11,14H,8-10,12H2,1H3,(H,22,26). The smallest absolute Gasteiger partial charge is 0.296 e. The Balaban J connectivity index is 1.61. The maximum absolute atomic E-state index is 13.0. The quantitative estimate of drug-likeness (QED) is 0.568. The first kappa shape index (κ1) is 20.2. The fourth-order valence-corrected chi connectivity index (χ4v) is 3.21. The van der Waals surface area contributed by atoms with Crippen molar-refractivity contribution in [1.29, 1.82) is 0 Å². The monoisotopic (exact) mass is 401 g/mol. The number of nitro groups is 1. The van der Waals surface area contributed by atoms with Gasteiger partial charge in [0.05, 0.1) is 24.0 Å². The summed E-state index contributed by atoms with van der Waals surface area (Å²) in [6.07, 6.45) is 0.587. The Morgan fingerprint density at radius 2 is 2.03 bits per heavy atom. The van der Waals surface area contributed by atoms with Gasteiger partial charge in [-0.3, -0.25) is 19.7 Å². The number of anilines is 1. The Morgan fingerprint density at radius 1 is 1.31 bits per heavy atom. The van der Waals surface area contributed by atoms with Gasteiger partial charge >= 0.3 is 0 Å². The predicted octanol–water partition coefficient (Wildman–Crippen LogP) is 2.77. The molecule has 2 aromatic rings. The zero-order valence-electron chi connectivity index (χ0n) is 15.8. The lowest BCUT2D eigenvalue weighted by Crippen LogP contribution is -2.30. The highest BCUT2D eigenvalue weighted by molar-refractivity contribution is 5.98. The number of nitro benzene ring substituents is 1. The van der Waals surface area contributed by atoms with Crippen LogP contribution in [0.3, 0.4) is 0 Å². The van der Waals surface area contributed by atoms with Crippen molar-refractivity contribution in [2.24, 2.45) is 5.92 Å². The van der Waals surface area contributed by atoms with Crippen LogP contribution in [-0.2, 0) is 16.0 Å². The molecular weight excluding hydrogens is 381 g/mol. The third-order valence-corrected chi connectivity index (χ3v) is 4.83. The first-order valence-electron chi connectivity index (χ1n) is 9.03. The van der Waals surface area contributed by atoms with Gasteiger partial charge in [-0.25, -0.2) is 4.39 Å². The molecule has 1 unspecified atom stereocenters. The van der Waals surface area contributed by atoms with Gasteiger partial charge in [-0.05, 0) is 36.2 Å². The lowest BCUT2D eigenvalue weighted by Gasteiger charge is -2.16. The summed E-state index contributed by atoms with van der Waals surface area (Å²) in [6.45, 7) is 0.646. The van der Waals surface area contributed by atoms with Crippen molar-refractivity contribution in [2.45, 2.75) is 12.8 Å². The normalized spacial score (nSPS) is 16.0. The summed E-state index contributed by atoms with van der Waals surface area (Å²) in [5.41, 5.74) is 0.661. The third-order valence-electron chi connectivity index (χ3n) is 4.83. The van der Waals surface area contributed by atoms with Crippen LogP contribution < -0.4 is 10.1 Å². The molecule has 8 nitrogen and oxygen atoms in total. The van der Waals surface area contributed by atoms with Crippen molar-refractivity contribution >= 4 is 23.2 Å². The maximum Gasteiger partial charge on any atom is 0.296 e. The lowest BCUT2D eigenvalue weighted by atomic mass is 10.1. The second-order valence-electron chi connectivity index (χ2n) is 6.75. The number of nitrogens with one attached hydrogen (secondary N) is 1. The Bertz CT molecular complexity index is 932. The van der Waals surface area contributed by atoms with Crippen LogP contribution in [0.4, 0.5) is 15.8 Å². The van der Waals surface area contributed by atoms with Crippen LogP contribution in [0.1, 0.15) is 12.0 Å². The molecule has 3 rings (SSSR count). The van der Waals surface area contributed by atoms with Crippen molar-refractivity contribution in [3.8, 4) is 5.75 Å². The maximum atomic E-state index is 13.0. The van der Waals surface area contributed by atoms with E-state index in [-0.39, 0.29) is 36.1 Å². The molecule has 152 valence electrons. The Morgan fingerprint density at radius 3 is 2.69 bits per heavy atom. The molecule has 1 saturated heterocycles. The summed E-state index contributed by atoms with van der Waals surface area (Å²) >= 11 is 0. The minimum Gasteiger partial charge on any atom is -0.496 e. The summed E-state index contributed by atoms with van der Waals surface area (Å²) in [6, 6.07) is 10.2. The van der Waals surface area contributed by atoms with Crippen LogP contribution >= 0.6 is 0 Å². The number of hydrogen-bond donors (Lipinski definition) is 1. The minimum atomic E-state index is -0.604. The van der Waals surface area contributed by atoms with Gasteiger partial charge in [-0.15, -0.1) is 0 Å². The van der Waals surface area contributed by atoms with E-state index in [1.165, 1.54) is 37.4 Å². The number of nitrogens with zero attached hydrogens (tertiary/aromatic N) is 2. The molecule has 0 bridgehead atoms. The van der Waals surface area contributed by atoms with Crippen molar-refractivity contribution in [3.63, 3.8) is 0 Å². The summed E-state index contributed by atoms with van der Waals surface area (Å²) in [5.74, 6) is -1.22. The first-order valence-corrected chi connectivity index (χ1v) is 9.03. The van der Waals surface area contributed by atoms with Gasteiger partial charge in [-0.2, -0.15) is 0 Å². The molecule has 1 heterocycles. The van der Waals surface area contributed by atoms with Crippen LogP contribution in [0, 0.1) is 21.8 Å². The number of hydrogen-bond acceptors (Lipinski definition) is 5. The van der Waals surface area contributed by atoms with Crippen molar-refractivity contribution < 1.29 is 23.6 Å². The van der Waals surface area contributed by atoms with E-state index >= 15 is 0 Å². The van der Waals surface area contributed by atoms with E-state index in [1.807, 2.05) is 0 Å². The molecular formula is C20H20FN3O5. The van der Waals surface area contributed by atoms with E-state index in [0.29, 0.717) is 18.7 Å². The zero-order valence-corrected chi connectivity index (χ0v) is 15.8. The van der Waals surface area contributed by atoms with Gasteiger partial charge in [-0.1, -0.05) is 12.1 Å². The highest BCUT2D eigenvalue weighted by Gasteiger charge is 2.34. The number of halogens is 1. The highest BCUT2D eigenvalue weighted by atomic mass is 19.1. The number of rotatable bonds is 7. The second-order valence-corrected chi connectivity index (χ2v) is 6.75. The van der Waals surface area contributed by atoms with E-state index in [1.54, 1.807) is 17.0 Å². The van der Waals surface area contributed by atoms with Crippen molar-refractivity contribution in [1.82, 2.24) is 4.90 Å². The Hall–Kier alpha value is -3.49. The predicted molar refractivity (Wildman–Crippen MR) is 103 cm³/mol. The van der Waals surface area contributed by atoms with E-state index in [4.69, 9.17) is 4.74 Å². The summed E-state index contributed by atoms with van der Waals surface area (Å²) < 4.78 is 17.9. The molecule has 29 heavy (non-hydrogen) atoms. The van der Waals surface area contributed by atoms with Crippen molar-refractivity contribution in [3.05, 3.63) is 64.0 Å². The molecule has 0 aromatic heterocycles. The number of benzene rings is 2. The van der Waals surface area contributed by atoms with Crippen LogP contribution in [0.5, 0.6) is 5.75 Å². The molecule has 0 saturated carbocycles. The molecule has 2 aromatic carbocycles. The van der Waals surface area contributed by atoms with Crippen LogP contribution in [0.15, 0.2) is 42.5 Å². The summed E-state index contributed by atoms with van der Waals surface area (Å²) in [5, 5.41) is 13.8. The fourth-order valence-electron chi connectivity index (χ4n) is 3.21. The molecule has 1 fully saturated rings. The average Bonchev–Trinajstić information content (AvgIpc) is 3.08. The van der Waals surface area contributed by atoms with Gasteiger partial charge in [0.15, 0.2) is 0 Å². The number of ether oxygens (including phenoxy) is 1. The lowest BCUT2D eigenvalue weighted by molar-refractivity contribution is -0.384. The van der Waals surface area contributed by atoms with Crippen LogP contribution in [0.2, 0.25) is 0 Å². The fraction of sp³-hybridized carbons (Fsp3) is 0.300. The molecule has 0 aliphatic carbocycles. The highest BCUT2D eigenvalue weighted by Crippen LogP contribution is 2.30. The molecule has 9 heteroatoms. The topological polar surface area (TPSA) is 102 Å². The molecule has 1 aliphatic rings. The number of carbonyl (C=O) groups excluding carboxylic acids is 2. The molecule has 1 atom stereocenters. The van der Waals surface area contributed by atoms with Crippen LogP contribution in [0.25, 0.3) is 0 Å². The second kappa shape index (κ2) is 8.68. The number of amides is 2. The van der Waals surface area contributed by atoms with E-state index in [0.717, 1.165) is 5.56 Å². The largest absolute Gasteiger partial charge is 0.496 e. The average molecular weight is 401 g/mol. The van der Waals surface area contributed by atoms with E-state index < -0.39 is 16.7 Å². The van der Waals surface area contributed by atoms with E-state index in [2.05, 4.69) is 5.32 Å². The van der Waals surface area contributed by atoms with Crippen LogP contribution in [-0.4, -0.2) is 41.8 Å². The zero-order chi connectivity index (χ0) is 21.0. The van der Waals surface area contributed by atoms with E-state index in [9.17, 15) is 24.1 Å². The number of carbonyl (C=O) groups is 2. The van der Waals surface area contributed by atoms with Crippen molar-refractivity contribution in [2.75, 3.05) is 25.5 Å². The number of likely N-dealkylation sites (tertiary alicyclic amines) is 1. The molecule has 0 spiro atoms. The Labute approximate surface area is 166 Å². The summed E-state index contributed by atoms with van der Waals surface area (Å²) in [4.78, 5) is 37.0. The van der Waals surface area contributed by atoms with Gasteiger partial charge in [0, 0.05) is 19.5 Å². The van der Waals surface area contributed by atoms with Gasteiger partial charge < -0.3 is 15.0 Å². The van der Waals surface area contributed by atoms with Gasteiger partial charge in [0.2, 0.25) is 11.8 Å². The molecule has 0 radical (unpaired) electrons. The molecule has 2 amide bonds. The van der Waals surface area contributed by atoms with Gasteiger partial charge in [0.25, 0.3) is 5.69 Å². The third kappa shape index (κ3) is 4.87. The molecule has 1 N–H and O–H groups in total. The van der Waals surface area contributed by atoms with Gasteiger partial charge in [0.1, 0.15) is 17.3 Å². The summed E-state index contributed by atoms with van der Waals surface area (Å²) in [7, 11) is 1.39. The Kier molecular flexibility index (Phi) is 6.06. The minimum absolute atomic E-state index is 0.0409. The SMILES string of the molecule is COc1ccc(NC(=O)C2CC(=O)N(CCc3ccc(F)cc3)C2)c([N+](=O)[O-])c1. The number of methoxy groups -OCH3 is 1.